The van der Waals surface area contributed by atoms with Crippen molar-refractivity contribution < 1.29 is 160 Å². The number of halogens is 8. The molecule has 88 heavy (non-hydrogen) atoms. The topological polar surface area (TPSA) is 548 Å². The van der Waals surface area contributed by atoms with Gasteiger partial charge in [0.2, 0.25) is 12.6 Å². The van der Waals surface area contributed by atoms with E-state index in [-0.39, 0.29) is 5.88 Å². The third kappa shape index (κ3) is 24.5. The Morgan fingerprint density at radius 2 is 0.489 bits per heavy atom. The van der Waals surface area contributed by atoms with Gasteiger partial charge in [0.15, 0.2) is 60.8 Å². The van der Waals surface area contributed by atoms with Crippen LogP contribution in [-0.4, -0.2) is 343 Å². The maximum Gasteiger partial charge on any atom is 0.218 e. The molecule has 1 fully saturated rings. The minimum Gasteiger partial charge on any atom is -0.506 e. The standard InChI is InChI=1S/C48H82Cl8O32/c49-8-1-16-24(57)32(65)41(73)81-17(2-9-50)25(58)34(67)43(75)83-19(4-11-52)27(60)36(69)45(77)85-21(6-13-54)29(62)38(71)47(79)88-40-23(15-56)87-48(39(72)31(40)64)86-22(7-14-55)30(63)37(70)46(78)84-20(5-12-53)28(61)35(68)44(76)82-18(3-10-51)26(59)33(66)42(74)80-16/h16-26,28,30-35,37,39-48,57-79H,1-15H2/b36-27+,38-29+. The molecule has 3 aliphatic heterocycles. The lowest BCUT2D eigenvalue weighted by Crippen LogP contribution is -2.61. The van der Waals surface area contributed by atoms with Crippen LogP contribution in [0.25, 0.3) is 0 Å². The monoisotopic (exact) mass is 1450 g/mol. The van der Waals surface area contributed by atoms with E-state index < -0.39 is 288 Å². The second-order valence-corrected chi connectivity index (χ2v) is 22.8. The molecule has 0 aromatic rings. The number of aliphatic hydroxyl groups excluding tert-OH is 23. The molecule has 0 amide bonds. The predicted molar refractivity (Wildman–Crippen MR) is 304 cm³/mol. The molecule has 0 saturated carbocycles. The highest BCUT2D eigenvalue weighted by molar-refractivity contribution is 6.19. The summed E-state index contributed by atoms with van der Waals surface area (Å²) in [7, 11) is 0. The fourth-order valence-electron chi connectivity index (χ4n) is 8.60. The normalized spacial score (nSPS) is 44.4. The van der Waals surface area contributed by atoms with Gasteiger partial charge in [-0.05, 0) is 44.9 Å². The zero-order chi connectivity index (χ0) is 67.0. The van der Waals surface area contributed by atoms with E-state index in [2.05, 4.69) is 0 Å². The van der Waals surface area contributed by atoms with Gasteiger partial charge >= 0.3 is 0 Å². The van der Waals surface area contributed by atoms with Crippen LogP contribution < -0.4 is 0 Å². The van der Waals surface area contributed by atoms with Crippen LogP contribution in [0.4, 0.5) is 0 Å². The molecular weight excluding hydrogens is 1370 g/mol. The first-order chi connectivity index (χ1) is 41.4. The summed E-state index contributed by atoms with van der Waals surface area (Å²) in [6.45, 7) is 0. The summed E-state index contributed by atoms with van der Waals surface area (Å²) in [4.78, 5) is 0. The number of alkyl halides is 8. The van der Waals surface area contributed by atoms with Crippen molar-refractivity contribution in [3.05, 3.63) is 23.0 Å². The van der Waals surface area contributed by atoms with Gasteiger partial charge in [0.05, 0.1) is 36.4 Å². The highest BCUT2D eigenvalue weighted by Crippen LogP contribution is 2.32. The van der Waals surface area contributed by atoms with Gasteiger partial charge in [0.1, 0.15) is 97.7 Å². The van der Waals surface area contributed by atoms with Crippen molar-refractivity contribution in [2.75, 3.05) is 47.0 Å². The van der Waals surface area contributed by atoms with Crippen LogP contribution in [0, 0.1) is 0 Å². The van der Waals surface area contributed by atoms with Crippen LogP contribution in [0.5, 0.6) is 0 Å². The van der Waals surface area contributed by atoms with Crippen molar-refractivity contribution in [3.8, 4) is 0 Å². The third-order valence-electron chi connectivity index (χ3n) is 13.7. The Kier molecular flexibility index (Phi) is 40.5. The fraction of sp³-hybridized carbons (Fsp3) is 0.917. The second kappa shape index (κ2) is 42.4. The lowest BCUT2D eigenvalue weighted by Gasteiger charge is -2.44. The smallest absolute Gasteiger partial charge is 0.218 e. The zero-order valence-electron chi connectivity index (χ0n) is 46.3. The molecule has 1 saturated heterocycles. The maximum atomic E-state index is 11.3. The Morgan fingerprint density at radius 3 is 0.773 bits per heavy atom. The maximum absolute atomic E-state index is 11.3. The number of ether oxygens (including phenoxy) is 9. The lowest BCUT2D eigenvalue weighted by molar-refractivity contribution is -0.332. The van der Waals surface area contributed by atoms with E-state index >= 15 is 0 Å². The molecule has 2 bridgehead atoms. The van der Waals surface area contributed by atoms with Crippen LogP contribution in [0.2, 0.25) is 0 Å². The van der Waals surface area contributed by atoms with E-state index in [1.54, 1.807) is 0 Å². The van der Waals surface area contributed by atoms with Gasteiger partial charge in [0, 0.05) is 41.2 Å². The molecule has 40 heteroatoms. The summed E-state index contributed by atoms with van der Waals surface area (Å²) in [5.74, 6) is -9.58. The van der Waals surface area contributed by atoms with Crippen LogP contribution in [-0.2, 0) is 42.6 Å². The van der Waals surface area contributed by atoms with Gasteiger partial charge in [-0.3, -0.25) is 0 Å². The van der Waals surface area contributed by atoms with Crippen LogP contribution in [0.1, 0.15) is 44.9 Å². The quantitative estimate of drug-likeness (QED) is 0.0689. The Labute approximate surface area is 543 Å². The molecule has 0 aromatic heterocycles. The summed E-state index contributed by atoms with van der Waals surface area (Å²) in [6.07, 6.45) is -69.9. The van der Waals surface area contributed by atoms with Gasteiger partial charge in [-0.2, -0.15) is 0 Å². The van der Waals surface area contributed by atoms with E-state index in [9.17, 15) is 117 Å². The molecule has 3 heterocycles. The average Bonchev–Trinajstić information content (AvgIpc) is 1.09. The molecule has 29 unspecified atom stereocenters. The van der Waals surface area contributed by atoms with Crippen molar-refractivity contribution in [1.82, 2.24) is 0 Å². The van der Waals surface area contributed by atoms with Crippen molar-refractivity contribution in [2.24, 2.45) is 0 Å². The Morgan fingerprint density at radius 1 is 0.239 bits per heavy atom. The van der Waals surface area contributed by atoms with Crippen LogP contribution in [0.3, 0.4) is 0 Å². The first kappa shape index (κ1) is 84.0. The van der Waals surface area contributed by atoms with E-state index in [1.165, 1.54) is 0 Å². The van der Waals surface area contributed by atoms with Gasteiger partial charge in [-0.25, -0.2) is 0 Å². The number of hydrogen-bond acceptors (Lipinski definition) is 32. The molecule has 0 spiro atoms. The third-order valence-corrected chi connectivity index (χ3v) is 15.5. The minimum absolute atomic E-state index is 0.381. The minimum atomic E-state index is -2.73. The Hall–Kier alpha value is -0.120. The summed E-state index contributed by atoms with van der Waals surface area (Å²) in [5, 5.41) is 254. The van der Waals surface area contributed by atoms with Crippen molar-refractivity contribution >= 4 is 92.8 Å². The number of aliphatic hydroxyl groups is 23. The number of fused-ring (bicyclic) bond motifs is 35. The van der Waals surface area contributed by atoms with Gasteiger partial charge in [0.25, 0.3) is 0 Å². The predicted octanol–water partition coefficient (Wildman–Crippen LogP) is -4.34. The summed E-state index contributed by atoms with van der Waals surface area (Å²) in [6, 6.07) is 0. The van der Waals surface area contributed by atoms with Gasteiger partial charge < -0.3 is 160 Å². The summed E-state index contributed by atoms with van der Waals surface area (Å²) < 4.78 is 48.4. The average molecular weight is 1450 g/mol. The fourth-order valence-corrected chi connectivity index (χ4v) is 10.3. The first-order valence-corrected chi connectivity index (χ1v) is 31.2. The highest BCUT2D eigenvalue weighted by atomic mass is 35.5. The van der Waals surface area contributed by atoms with E-state index in [0.29, 0.717) is 0 Å². The Balaban J connectivity index is 2.74. The first-order valence-electron chi connectivity index (χ1n) is 26.9. The van der Waals surface area contributed by atoms with Crippen molar-refractivity contribution in [1.29, 1.82) is 0 Å². The molecule has 3 aliphatic rings. The van der Waals surface area contributed by atoms with Crippen LogP contribution >= 0.6 is 92.8 Å². The number of rotatable bonds is 15. The van der Waals surface area contributed by atoms with Gasteiger partial charge in [-0.15, -0.1) is 92.8 Å². The highest BCUT2D eigenvalue weighted by Gasteiger charge is 2.50. The van der Waals surface area contributed by atoms with E-state index in [0.717, 1.165) is 0 Å². The summed E-state index contributed by atoms with van der Waals surface area (Å²) >= 11 is 47.3. The van der Waals surface area contributed by atoms with Crippen molar-refractivity contribution in [2.45, 2.75) is 223 Å². The largest absolute Gasteiger partial charge is 0.506 e. The SMILES string of the molecule is O/C1=C(/O)C(CCCl)OC(O)/C(O)=C(\O)C(CCCl)OC(O)C(O)C(O)C(CCCl)OC(O)C(O)C(O)C(CCCl)OC(O)C(O)C(O)C(CCCl)OC(O)C(O)C(O)C(CCCl)OC(O)C(O)C(O)C(CCCl)OC2OC(CCl)C(OC1O)C(O)C2O. The lowest BCUT2D eigenvalue weighted by atomic mass is 9.98. The molecule has 522 valence electrons. The molecule has 0 radical (unpaired) electrons. The van der Waals surface area contributed by atoms with Crippen molar-refractivity contribution in [3.63, 3.8) is 0 Å². The molecular formula is C48H82Cl8O32. The van der Waals surface area contributed by atoms with Crippen LogP contribution in [0.15, 0.2) is 23.0 Å². The van der Waals surface area contributed by atoms with Gasteiger partial charge in [-0.1, -0.05) is 0 Å². The number of hydrogen-bond donors (Lipinski definition) is 23. The molecule has 29 atom stereocenters. The molecule has 0 aliphatic carbocycles. The molecule has 3 rings (SSSR count). The molecule has 32 nitrogen and oxygen atoms in total. The van der Waals surface area contributed by atoms with E-state index in [1.807, 2.05) is 0 Å². The Bertz CT molecular complexity index is 1980. The van der Waals surface area contributed by atoms with E-state index in [4.69, 9.17) is 135 Å². The summed E-state index contributed by atoms with van der Waals surface area (Å²) in [5.41, 5.74) is 0. The molecule has 0 aromatic carbocycles. The second-order valence-electron chi connectivity index (χ2n) is 19.8. The molecule has 23 N–H and O–H groups in total. The zero-order valence-corrected chi connectivity index (χ0v) is 52.4.